The molecule has 160 valence electrons. The molecule has 0 radical (unpaired) electrons. The van der Waals surface area contributed by atoms with Gasteiger partial charge in [-0.05, 0) is 62.1 Å². The molecule has 1 amide bonds. The van der Waals surface area contributed by atoms with Crippen LogP contribution in [0, 0.1) is 13.8 Å². The quantitative estimate of drug-likeness (QED) is 0.484. The fraction of sp³-hybridized carbons (Fsp3) is 0.391. The molecule has 0 aliphatic carbocycles. The summed E-state index contributed by atoms with van der Waals surface area (Å²) in [7, 11) is 1.50. The zero-order valence-electron chi connectivity index (χ0n) is 17.7. The highest BCUT2D eigenvalue weighted by Crippen LogP contribution is 2.26. The summed E-state index contributed by atoms with van der Waals surface area (Å²) in [6.07, 6.45) is 1.84. The van der Waals surface area contributed by atoms with Crippen molar-refractivity contribution in [3.8, 4) is 5.75 Å². The number of para-hydroxylation sites is 2. The molecule has 1 N–H and O–H groups in total. The number of nitrogens with zero attached hydrogens (tertiary/aromatic N) is 2. The molecule has 6 nitrogen and oxygen atoms in total. The van der Waals surface area contributed by atoms with Crippen molar-refractivity contribution in [1.82, 2.24) is 14.9 Å². The summed E-state index contributed by atoms with van der Waals surface area (Å²) in [5.41, 5.74) is 4.05. The number of aromatic nitrogens is 2. The summed E-state index contributed by atoms with van der Waals surface area (Å²) in [6.45, 7) is 5.82. The second-order valence-electron chi connectivity index (χ2n) is 7.30. The molecule has 3 rings (SSSR count). The topological polar surface area (TPSA) is 65.4 Å². The number of carbonyl (C=O) groups excluding carboxylic acids is 1. The van der Waals surface area contributed by atoms with Crippen LogP contribution in [0.2, 0.25) is 5.02 Å². The lowest BCUT2D eigenvalue weighted by molar-refractivity contribution is -0.124. The van der Waals surface area contributed by atoms with Crippen molar-refractivity contribution in [2.45, 2.75) is 39.8 Å². The summed E-state index contributed by atoms with van der Waals surface area (Å²) >= 11 is 6.22. The van der Waals surface area contributed by atoms with Gasteiger partial charge in [-0.2, -0.15) is 0 Å². The van der Waals surface area contributed by atoms with Gasteiger partial charge in [0.05, 0.1) is 24.2 Å². The van der Waals surface area contributed by atoms with E-state index in [1.165, 1.54) is 7.11 Å². The Kier molecular flexibility index (Phi) is 7.71. The fourth-order valence-electron chi connectivity index (χ4n) is 3.42. The van der Waals surface area contributed by atoms with Crippen molar-refractivity contribution in [2.75, 3.05) is 20.3 Å². The van der Waals surface area contributed by atoms with Crippen molar-refractivity contribution in [3.05, 3.63) is 58.4 Å². The number of hydrogen-bond acceptors (Lipinski definition) is 4. The zero-order valence-corrected chi connectivity index (χ0v) is 18.5. The van der Waals surface area contributed by atoms with Crippen LogP contribution >= 0.6 is 11.6 Å². The number of rotatable bonds is 10. The lowest BCUT2D eigenvalue weighted by Gasteiger charge is -2.12. The van der Waals surface area contributed by atoms with E-state index in [-0.39, 0.29) is 12.5 Å². The first-order chi connectivity index (χ1) is 14.5. The first kappa shape index (κ1) is 22.1. The number of ether oxygens (including phenoxy) is 2. The maximum Gasteiger partial charge on any atom is 0.246 e. The van der Waals surface area contributed by atoms with Gasteiger partial charge in [-0.25, -0.2) is 4.98 Å². The molecule has 1 aromatic heterocycles. The Labute approximate surface area is 182 Å². The van der Waals surface area contributed by atoms with Crippen molar-refractivity contribution < 1.29 is 14.3 Å². The summed E-state index contributed by atoms with van der Waals surface area (Å²) in [5.74, 6) is 1.53. The standard InChI is InChI=1S/C23H28ClN3O3/c1-16-12-18(13-17(2)23(16)24)30-11-7-6-10-27-20-9-5-4-8-19(20)26-21(27)14-25-22(28)15-29-3/h4-5,8-9,12-13H,6-7,10-11,14-15H2,1-3H3,(H,25,28). The second kappa shape index (κ2) is 10.5. The molecule has 0 atom stereocenters. The summed E-state index contributed by atoms with van der Waals surface area (Å²) < 4.78 is 12.9. The molecular formula is C23H28ClN3O3. The van der Waals surface area contributed by atoms with Gasteiger partial charge >= 0.3 is 0 Å². The monoisotopic (exact) mass is 429 g/mol. The largest absolute Gasteiger partial charge is 0.494 e. The molecule has 0 aliphatic rings. The molecular weight excluding hydrogens is 402 g/mol. The van der Waals surface area contributed by atoms with E-state index in [0.29, 0.717) is 13.2 Å². The lowest BCUT2D eigenvalue weighted by atomic mass is 10.1. The van der Waals surface area contributed by atoms with Crippen LogP contribution in [0.15, 0.2) is 36.4 Å². The van der Waals surface area contributed by atoms with Gasteiger partial charge in [-0.15, -0.1) is 0 Å². The minimum Gasteiger partial charge on any atom is -0.494 e. The van der Waals surface area contributed by atoms with Crippen LogP contribution in [0.4, 0.5) is 0 Å². The molecule has 0 fully saturated rings. The van der Waals surface area contributed by atoms with Crippen LogP contribution in [0.25, 0.3) is 11.0 Å². The Morgan fingerprint density at radius 3 is 2.63 bits per heavy atom. The number of aryl methyl sites for hydroxylation is 3. The number of benzene rings is 2. The van der Waals surface area contributed by atoms with Crippen molar-refractivity contribution in [3.63, 3.8) is 0 Å². The van der Waals surface area contributed by atoms with E-state index in [9.17, 15) is 4.79 Å². The van der Waals surface area contributed by atoms with Crippen LogP contribution in [-0.4, -0.2) is 35.8 Å². The van der Waals surface area contributed by atoms with Crippen LogP contribution in [0.3, 0.4) is 0 Å². The molecule has 0 bridgehead atoms. The number of hydrogen-bond donors (Lipinski definition) is 1. The van der Waals surface area contributed by atoms with E-state index in [1.54, 1.807) is 0 Å². The average molecular weight is 430 g/mol. The Morgan fingerprint density at radius 1 is 1.17 bits per heavy atom. The van der Waals surface area contributed by atoms with Gasteiger partial charge in [0.2, 0.25) is 5.91 Å². The smallest absolute Gasteiger partial charge is 0.246 e. The molecule has 3 aromatic rings. The maximum atomic E-state index is 11.7. The van der Waals surface area contributed by atoms with E-state index in [0.717, 1.165) is 58.1 Å². The Morgan fingerprint density at radius 2 is 1.90 bits per heavy atom. The van der Waals surface area contributed by atoms with Gasteiger partial charge < -0.3 is 19.4 Å². The average Bonchev–Trinajstić information content (AvgIpc) is 3.08. The normalized spacial score (nSPS) is 11.1. The first-order valence-corrected chi connectivity index (χ1v) is 10.5. The van der Waals surface area contributed by atoms with Crippen LogP contribution in [-0.2, 0) is 22.6 Å². The number of methoxy groups -OCH3 is 1. The summed E-state index contributed by atoms with van der Waals surface area (Å²) in [6, 6.07) is 12.0. The predicted octanol–water partition coefficient (Wildman–Crippen LogP) is 4.43. The third-order valence-electron chi connectivity index (χ3n) is 4.91. The maximum absolute atomic E-state index is 11.7. The van der Waals surface area contributed by atoms with E-state index in [2.05, 4.69) is 20.9 Å². The van der Waals surface area contributed by atoms with E-state index in [1.807, 2.05) is 44.2 Å². The van der Waals surface area contributed by atoms with Crippen molar-refractivity contribution in [2.24, 2.45) is 0 Å². The van der Waals surface area contributed by atoms with Crippen LogP contribution in [0.1, 0.15) is 29.8 Å². The SMILES string of the molecule is COCC(=O)NCc1nc2ccccc2n1CCCCOc1cc(C)c(Cl)c(C)c1. The van der Waals surface area contributed by atoms with Crippen LogP contribution in [0.5, 0.6) is 5.75 Å². The highest BCUT2D eigenvalue weighted by atomic mass is 35.5. The van der Waals surface area contributed by atoms with Crippen molar-refractivity contribution in [1.29, 1.82) is 0 Å². The molecule has 0 spiro atoms. The fourth-order valence-corrected chi connectivity index (χ4v) is 3.53. The number of halogens is 1. The highest BCUT2D eigenvalue weighted by molar-refractivity contribution is 6.32. The number of unbranched alkanes of at least 4 members (excludes halogenated alkanes) is 1. The second-order valence-corrected chi connectivity index (χ2v) is 7.68. The molecule has 0 saturated carbocycles. The number of carbonyl (C=O) groups is 1. The summed E-state index contributed by atoms with van der Waals surface area (Å²) in [5, 5.41) is 3.65. The lowest BCUT2D eigenvalue weighted by Crippen LogP contribution is -2.28. The molecule has 0 unspecified atom stereocenters. The Hall–Kier alpha value is -2.57. The third kappa shape index (κ3) is 5.52. The van der Waals surface area contributed by atoms with Gasteiger partial charge in [0.25, 0.3) is 0 Å². The van der Waals surface area contributed by atoms with E-state index >= 15 is 0 Å². The van der Waals surface area contributed by atoms with Gasteiger partial charge in [0.15, 0.2) is 0 Å². The molecule has 1 heterocycles. The zero-order chi connectivity index (χ0) is 21.5. The Bertz CT molecular complexity index is 993. The van der Waals surface area contributed by atoms with Crippen molar-refractivity contribution >= 4 is 28.5 Å². The minimum atomic E-state index is -0.155. The number of imidazole rings is 1. The van der Waals surface area contributed by atoms with Crippen LogP contribution < -0.4 is 10.1 Å². The van der Waals surface area contributed by atoms with E-state index in [4.69, 9.17) is 21.1 Å². The van der Waals surface area contributed by atoms with Gasteiger partial charge in [-0.1, -0.05) is 23.7 Å². The van der Waals surface area contributed by atoms with Gasteiger partial charge in [0, 0.05) is 18.7 Å². The number of amides is 1. The van der Waals surface area contributed by atoms with E-state index < -0.39 is 0 Å². The summed E-state index contributed by atoms with van der Waals surface area (Å²) in [4.78, 5) is 16.4. The first-order valence-electron chi connectivity index (χ1n) is 10.1. The Balaban J connectivity index is 1.58. The van der Waals surface area contributed by atoms with Gasteiger partial charge in [-0.3, -0.25) is 4.79 Å². The molecule has 0 saturated heterocycles. The predicted molar refractivity (Wildman–Crippen MR) is 119 cm³/mol. The minimum absolute atomic E-state index is 0.0429. The number of nitrogens with one attached hydrogen (secondary N) is 1. The molecule has 7 heteroatoms. The molecule has 2 aromatic carbocycles. The van der Waals surface area contributed by atoms with Gasteiger partial charge in [0.1, 0.15) is 18.2 Å². The third-order valence-corrected chi connectivity index (χ3v) is 5.50. The molecule has 30 heavy (non-hydrogen) atoms. The number of fused-ring (bicyclic) bond motifs is 1. The highest BCUT2D eigenvalue weighted by Gasteiger charge is 2.11. The molecule has 0 aliphatic heterocycles.